The number of hydrogen-bond acceptors (Lipinski definition) is 2. The third-order valence-corrected chi connectivity index (χ3v) is 3.38. The molecule has 18 heavy (non-hydrogen) atoms. The van der Waals surface area contributed by atoms with Crippen LogP contribution in [0, 0.1) is 0 Å². The highest BCUT2D eigenvalue weighted by Gasteiger charge is 2.06. The van der Waals surface area contributed by atoms with Gasteiger partial charge in [0.15, 0.2) is 5.96 Å². The van der Waals surface area contributed by atoms with E-state index in [4.69, 9.17) is 0 Å². The predicted molar refractivity (Wildman–Crippen MR) is 92.2 cm³/mol. The van der Waals surface area contributed by atoms with Crippen molar-refractivity contribution in [3.8, 4) is 0 Å². The molecular formula is C13H22IN3S. The molecular weight excluding hydrogens is 357 g/mol. The average Bonchev–Trinajstić information content (AvgIpc) is 2.30. The zero-order valence-corrected chi connectivity index (χ0v) is 14.5. The van der Waals surface area contributed by atoms with Gasteiger partial charge in [0, 0.05) is 37.8 Å². The Kier molecular flexibility index (Phi) is 9.27. The van der Waals surface area contributed by atoms with E-state index in [1.807, 2.05) is 36.8 Å². The van der Waals surface area contributed by atoms with Gasteiger partial charge in [-0.15, -0.1) is 35.7 Å². The third kappa shape index (κ3) is 6.49. The number of guanidine groups is 1. The predicted octanol–water partition coefficient (Wildman–Crippen LogP) is 2.92. The number of rotatable bonds is 4. The fraction of sp³-hybridized carbons (Fsp3) is 0.462. The number of nitrogens with one attached hydrogen (secondary N) is 1. The Labute approximate surface area is 131 Å². The van der Waals surface area contributed by atoms with Crippen LogP contribution in [0.1, 0.15) is 6.92 Å². The first-order chi connectivity index (χ1) is 8.13. The lowest BCUT2D eigenvalue weighted by molar-refractivity contribution is 0.583. The van der Waals surface area contributed by atoms with Gasteiger partial charge in [-0.3, -0.25) is 4.99 Å². The van der Waals surface area contributed by atoms with E-state index in [9.17, 15) is 0 Å². The first-order valence-corrected chi connectivity index (χ1v) is 6.61. The molecule has 0 saturated carbocycles. The zero-order valence-electron chi connectivity index (χ0n) is 11.4. The van der Waals surface area contributed by atoms with Crippen molar-refractivity contribution >= 4 is 41.7 Å². The lowest BCUT2D eigenvalue weighted by atomic mass is 10.4. The molecule has 0 aliphatic rings. The summed E-state index contributed by atoms with van der Waals surface area (Å²) in [5.74, 6) is 0.922. The zero-order chi connectivity index (χ0) is 12.7. The van der Waals surface area contributed by atoms with Crippen LogP contribution in [-0.4, -0.2) is 43.8 Å². The van der Waals surface area contributed by atoms with E-state index in [0.717, 1.165) is 12.5 Å². The SMILES string of the molecule is CN=C(NCC(C)Sc1ccccc1)N(C)C.I. The third-order valence-electron chi connectivity index (χ3n) is 2.26. The van der Waals surface area contributed by atoms with E-state index < -0.39 is 0 Å². The molecule has 0 spiro atoms. The maximum Gasteiger partial charge on any atom is 0.193 e. The van der Waals surface area contributed by atoms with E-state index >= 15 is 0 Å². The van der Waals surface area contributed by atoms with Crippen molar-refractivity contribution in [1.82, 2.24) is 10.2 Å². The van der Waals surface area contributed by atoms with Crippen LogP contribution in [0.2, 0.25) is 0 Å². The second kappa shape index (κ2) is 9.49. The molecule has 5 heteroatoms. The summed E-state index contributed by atoms with van der Waals surface area (Å²) < 4.78 is 0. The summed E-state index contributed by atoms with van der Waals surface area (Å²) in [6, 6.07) is 10.5. The first kappa shape index (κ1) is 17.6. The van der Waals surface area contributed by atoms with Crippen LogP contribution >= 0.6 is 35.7 Å². The van der Waals surface area contributed by atoms with E-state index in [2.05, 4.69) is 41.5 Å². The van der Waals surface area contributed by atoms with Crippen molar-refractivity contribution < 1.29 is 0 Å². The summed E-state index contributed by atoms with van der Waals surface area (Å²) in [5.41, 5.74) is 0. The molecule has 0 fully saturated rings. The monoisotopic (exact) mass is 379 g/mol. The van der Waals surface area contributed by atoms with Gasteiger partial charge < -0.3 is 10.2 Å². The molecule has 0 aliphatic heterocycles. The van der Waals surface area contributed by atoms with Crippen LogP contribution in [0.3, 0.4) is 0 Å². The standard InChI is InChI=1S/C13H21N3S.HI/c1-11(10-15-13(14-2)16(3)4)17-12-8-6-5-7-9-12;/h5-9,11H,10H2,1-4H3,(H,14,15);1H. The van der Waals surface area contributed by atoms with Gasteiger partial charge in [-0.1, -0.05) is 25.1 Å². The average molecular weight is 379 g/mol. The van der Waals surface area contributed by atoms with Gasteiger partial charge in [-0.2, -0.15) is 0 Å². The van der Waals surface area contributed by atoms with Crippen molar-refractivity contribution in [3.63, 3.8) is 0 Å². The minimum atomic E-state index is 0. The molecule has 0 aromatic heterocycles. The summed E-state index contributed by atoms with van der Waals surface area (Å²) in [6.07, 6.45) is 0. The van der Waals surface area contributed by atoms with E-state index in [0.29, 0.717) is 5.25 Å². The van der Waals surface area contributed by atoms with Crippen LogP contribution in [0.15, 0.2) is 40.2 Å². The van der Waals surface area contributed by atoms with Crippen molar-refractivity contribution in [1.29, 1.82) is 0 Å². The number of halogens is 1. The molecule has 1 rings (SSSR count). The van der Waals surface area contributed by atoms with Gasteiger partial charge in [0.25, 0.3) is 0 Å². The summed E-state index contributed by atoms with van der Waals surface area (Å²) in [6.45, 7) is 3.12. The molecule has 102 valence electrons. The van der Waals surface area contributed by atoms with Crippen molar-refractivity contribution in [2.24, 2.45) is 4.99 Å². The Balaban J connectivity index is 0.00000289. The highest BCUT2D eigenvalue weighted by atomic mass is 127. The smallest absolute Gasteiger partial charge is 0.193 e. The molecule has 1 aromatic carbocycles. The summed E-state index contributed by atoms with van der Waals surface area (Å²) in [7, 11) is 5.78. The highest BCUT2D eigenvalue weighted by molar-refractivity contribution is 14.0. The molecule has 1 aromatic rings. The topological polar surface area (TPSA) is 27.6 Å². The maximum absolute atomic E-state index is 4.19. The van der Waals surface area contributed by atoms with Gasteiger partial charge in [0.05, 0.1) is 0 Å². The molecule has 3 nitrogen and oxygen atoms in total. The van der Waals surface area contributed by atoms with Crippen LogP contribution < -0.4 is 5.32 Å². The second-order valence-corrected chi connectivity index (χ2v) is 5.58. The lowest BCUT2D eigenvalue weighted by Crippen LogP contribution is -2.39. The molecule has 0 amide bonds. The van der Waals surface area contributed by atoms with Crippen molar-refractivity contribution in [2.75, 3.05) is 27.7 Å². The Hall–Kier alpha value is -0.430. The Morgan fingerprint density at radius 3 is 2.44 bits per heavy atom. The minimum Gasteiger partial charge on any atom is -0.355 e. The molecule has 1 N–H and O–H groups in total. The summed E-state index contributed by atoms with van der Waals surface area (Å²) in [4.78, 5) is 7.48. The number of benzene rings is 1. The van der Waals surface area contributed by atoms with Gasteiger partial charge in [0.1, 0.15) is 0 Å². The number of nitrogens with zero attached hydrogens (tertiary/aromatic N) is 2. The largest absolute Gasteiger partial charge is 0.355 e. The summed E-state index contributed by atoms with van der Waals surface area (Å²) in [5, 5.41) is 3.85. The van der Waals surface area contributed by atoms with E-state index in [1.165, 1.54) is 4.90 Å². The number of thioether (sulfide) groups is 1. The van der Waals surface area contributed by atoms with E-state index in [1.54, 1.807) is 7.05 Å². The Bertz CT molecular complexity index is 355. The first-order valence-electron chi connectivity index (χ1n) is 5.73. The van der Waals surface area contributed by atoms with Gasteiger partial charge in [0.2, 0.25) is 0 Å². The summed E-state index contributed by atoms with van der Waals surface area (Å²) >= 11 is 1.87. The maximum atomic E-state index is 4.19. The molecule has 0 saturated heterocycles. The number of aliphatic imine (C=N–C) groups is 1. The molecule has 1 atom stereocenters. The van der Waals surface area contributed by atoms with Gasteiger partial charge >= 0.3 is 0 Å². The molecule has 0 radical (unpaired) electrons. The molecule has 0 bridgehead atoms. The molecule has 0 heterocycles. The minimum absolute atomic E-state index is 0. The molecule has 0 aliphatic carbocycles. The normalized spacial score (nSPS) is 12.6. The Morgan fingerprint density at radius 2 is 1.94 bits per heavy atom. The fourth-order valence-electron chi connectivity index (χ4n) is 1.45. The lowest BCUT2D eigenvalue weighted by Gasteiger charge is -2.19. The van der Waals surface area contributed by atoms with E-state index in [-0.39, 0.29) is 24.0 Å². The number of hydrogen-bond donors (Lipinski definition) is 1. The van der Waals surface area contributed by atoms with Gasteiger partial charge in [-0.25, -0.2) is 0 Å². The van der Waals surface area contributed by atoms with Crippen LogP contribution in [0.25, 0.3) is 0 Å². The van der Waals surface area contributed by atoms with Crippen molar-refractivity contribution in [2.45, 2.75) is 17.1 Å². The molecule has 1 unspecified atom stereocenters. The second-order valence-electron chi connectivity index (χ2n) is 4.06. The highest BCUT2D eigenvalue weighted by Crippen LogP contribution is 2.21. The van der Waals surface area contributed by atoms with Gasteiger partial charge in [-0.05, 0) is 12.1 Å². The van der Waals surface area contributed by atoms with Crippen LogP contribution in [0.4, 0.5) is 0 Å². The fourth-order valence-corrected chi connectivity index (χ4v) is 2.39. The Morgan fingerprint density at radius 1 is 1.33 bits per heavy atom. The quantitative estimate of drug-likeness (QED) is 0.377. The van der Waals surface area contributed by atoms with Crippen LogP contribution in [0.5, 0.6) is 0 Å². The van der Waals surface area contributed by atoms with Crippen LogP contribution in [-0.2, 0) is 0 Å². The van der Waals surface area contributed by atoms with Crippen molar-refractivity contribution in [3.05, 3.63) is 30.3 Å².